The predicted octanol–water partition coefficient (Wildman–Crippen LogP) is 4.13. The van der Waals surface area contributed by atoms with Crippen molar-refractivity contribution in [2.75, 3.05) is 13.2 Å². The first-order valence-corrected chi connectivity index (χ1v) is 10.3. The molecule has 0 bridgehead atoms. The third kappa shape index (κ3) is 4.42. The second-order valence-corrected chi connectivity index (χ2v) is 7.66. The molecule has 0 atom stereocenters. The van der Waals surface area contributed by atoms with Gasteiger partial charge in [0.2, 0.25) is 5.88 Å². The molecule has 0 unspecified atom stereocenters. The average Bonchev–Trinajstić information content (AvgIpc) is 3.50. The van der Waals surface area contributed by atoms with Gasteiger partial charge in [0, 0.05) is 30.8 Å². The van der Waals surface area contributed by atoms with Gasteiger partial charge in [0.1, 0.15) is 12.4 Å². The van der Waals surface area contributed by atoms with Crippen LogP contribution >= 0.6 is 0 Å². The van der Waals surface area contributed by atoms with Crippen LogP contribution in [0.5, 0.6) is 11.6 Å². The molecule has 0 N–H and O–H groups in total. The average molecular weight is 393 g/mol. The van der Waals surface area contributed by atoms with Crippen LogP contribution in [-0.2, 0) is 18.3 Å². The van der Waals surface area contributed by atoms with E-state index in [1.807, 2.05) is 49.0 Å². The summed E-state index contributed by atoms with van der Waals surface area (Å²) in [6, 6.07) is 9.78. The molecule has 2 aromatic heterocycles. The number of hydrogen-bond donors (Lipinski definition) is 0. The Labute approximate surface area is 170 Å². The second-order valence-electron chi connectivity index (χ2n) is 7.66. The zero-order chi connectivity index (χ0) is 20.4. The van der Waals surface area contributed by atoms with Gasteiger partial charge in [-0.3, -0.25) is 9.48 Å². The molecule has 4 rings (SSSR count). The number of ether oxygens (including phenoxy) is 2. The maximum absolute atomic E-state index is 12.3. The molecule has 1 aliphatic carbocycles. The Morgan fingerprint density at radius 1 is 1.21 bits per heavy atom. The highest BCUT2D eigenvalue weighted by Crippen LogP contribution is 2.43. The normalized spacial score (nSPS) is 13.6. The number of hydrogen-bond acceptors (Lipinski definition) is 5. The molecule has 0 aliphatic heterocycles. The first kappa shape index (κ1) is 19.4. The molecular weight excluding hydrogens is 366 g/mol. The Morgan fingerprint density at radius 3 is 2.66 bits per heavy atom. The van der Waals surface area contributed by atoms with Crippen LogP contribution in [0.3, 0.4) is 0 Å². The summed E-state index contributed by atoms with van der Waals surface area (Å²) < 4.78 is 13.0. The van der Waals surface area contributed by atoms with Crippen molar-refractivity contribution in [2.24, 2.45) is 7.05 Å². The van der Waals surface area contributed by atoms with Gasteiger partial charge in [-0.25, -0.2) is 0 Å². The summed E-state index contributed by atoms with van der Waals surface area (Å²) in [5.74, 6) is 1.95. The van der Waals surface area contributed by atoms with E-state index in [9.17, 15) is 4.79 Å². The molecule has 6 heteroatoms. The number of aromatic nitrogens is 3. The third-order valence-electron chi connectivity index (χ3n) is 5.27. The van der Waals surface area contributed by atoms with Crippen molar-refractivity contribution >= 4 is 16.8 Å². The van der Waals surface area contributed by atoms with Gasteiger partial charge in [-0.15, -0.1) is 0 Å². The maximum atomic E-state index is 12.3. The summed E-state index contributed by atoms with van der Waals surface area (Å²) in [6.45, 7) is 4.69. The van der Waals surface area contributed by atoms with Gasteiger partial charge in [0.25, 0.3) is 0 Å². The Balaban J connectivity index is 1.35. The fraction of sp³-hybridized carbons (Fsp3) is 0.435. The van der Waals surface area contributed by atoms with Gasteiger partial charge in [0.05, 0.1) is 12.3 Å². The summed E-state index contributed by atoms with van der Waals surface area (Å²) >= 11 is 0. The van der Waals surface area contributed by atoms with E-state index >= 15 is 0 Å². The van der Waals surface area contributed by atoms with Gasteiger partial charge in [0.15, 0.2) is 11.4 Å². The standard InChI is InChI=1S/C23H27N3O3/c1-4-28-19-11-6-16(7-12-19)5-10-18(27)14-29-20-13-15(2)21-22(17-8-9-17)25-26(3)23(21)24-20/h6-7,11-13,17H,4-5,8-10,14H2,1-3H3. The van der Waals surface area contributed by atoms with Crippen molar-refractivity contribution < 1.29 is 14.3 Å². The van der Waals surface area contributed by atoms with Crippen molar-refractivity contribution in [3.63, 3.8) is 0 Å². The quantitative estimate of drug-likeness (QED) is 0.547. The number of fused-ring (bicyclic) bond motifs is 1. The van der Waals surface area contributed by atoms with Crippen LogP contribution in [0.15, 0.2) is 30.3 Å². The minimum absolute atomic E-state index is 0.0301. The molecule has 2 heterocycles. The molecule has 6 nitrogen and oxygen atoms in total. The lowest BCUT2D eigenvalue weighted by Gasteiger charge is -2.08. The van der Waals surface area contributed by atoms with Gasteiger partial charge >= 0.3 is 0 Å². The maximum Gasteiger partial charge on any atom is 0.215 e. The molecule has 0 amide bonds. The molecule has 0 radical (unpaired) electrons. The van der Waals surface area contributed by atoms with E-state index in [2.05, 4.69) is 17.0 Å². The molecule has 1 saturated carbocycles. The predicted molar refractivity (Wildman–Crippen MR) is 112 cm³/mol. The van der Waals surface area contributed by atoms with Gasteiger partial charge < -0.3 is 9.47 Å². The van der Waals surface area contributed by atoms with Crippen molar-refractivity contribution in [1.29, 1.82) is 0 Å². The van der Waals surface area contributed by atoms with E-state index in [0.717, 1.165) is 33.6 Å². The summed E-state index contributed by atoms with van der Waals surface area (Å²) in [5.41, 5.74) is 4.18. The second kappa shape index (κ2) is 8.23. The molecule has 29 heavy (non-hydrogen) atoms. The Hall–Kier alpha value is -2.89. The van der Waals surface area contributed by atoms with Crippen LogP contribution in [0.2, 0.25) is 0 Å². The number of aryl methyl sites for hydroxylation is 3. The monoisotopic (exact) mass is 393 g/mol. The van der Waals surface area contributed by atoms with Gasteiger partial charge in [-0.1, -0.05) is 12.1 Å². The largest absolute Gasteiger partial charge is 0.494 e. The van der Waals surface area contributed by atoms with Crippen LogP contribution in [0.4, 0.5) is 0 Å². The third-order valence-corrected chi connectivity index (χ3v) is 5.27. The van der Waals surface area contributed by atoms with E-state index in [1.54, 1.807) is 0 Å². The summed E-state index contributed by atoms with van der Waals surface area (Å²) in [6.07, 6.45) is 3.53. The summed E-state index contributed by atoms with van der Waals surface area (Å²) in [7, 11) is 1.91. The zero-order valence-corrected chi connectivity index (χ0v) is 17.3. The number of carbonyl (C=O) groups is 1. The first-order valence-electron chi connectivity index (χ1n) is 10.3. The number of benzene rings is 1. The molecule has 0 spiro atoms. The Morgan fingerprint density at radius 2 is 1.97 bits per heavy atom. The summed E-state index contributed by atoms with van der Waals surface area (Å²) in [5, 5.41) is 5.78. The topological polar surface area (TPSA) is 66.2 Å². The van der Waals surface area contributed by atoms with Crippen LogP contribution < -0.4 is 9.47 Å². The van der Waals surface area contributed by atoms with E-state index < -0.39 is 0 Å². The molecule has 152 valence electrons. The fourth-order valence-corrected chi connectivity index (χ4v) is 3.58. The molecule has 0 saturated heterocycles. The number of nitrogens with zero attached hydrogens (tertiary/aromatic N) is 3. The Bertz CT molecular complexity index is 1020. The highest BCUT2D eigenvalue weighted by molar-refractivity contribution is 5.84. The SMILES string of the molecule is CCOc1ccc(CCC(=O)COc2cc(C)c3c(C4CC4)nn(C)c3n2)cc1. The number of ketones is 1. The minimum Gasteiger partial charge on any atom is -0.494 e. The first-order chi connectivity index (χ1) is 14.0. The van der Waals surface area contributed by atoms with Gasteiger partial charge in [-0.2, -0.15) is 10.1 Å². The molecule has 1 aliphatic rings. The zero-order valence-electron chi connectivity index (χ0n) is 17.3. The number of Topliss-reactive ketones (excluding diaryl/α,β-unsaturated/α-hetero) is 1. The van der Waals surface area contributed by atoms with E-state index in [0.29, 0.717) is 31.2 Å². The van der Waals surface area contributed by atoms with Crippen molar-refractivity contribution in [3.8, 4) is 11.6 Å². The number of pyridine rings is 1. The van der Waals surface area contributed by atoms with Crippen LogP contribution in [0.1, 0.15) is 48.9 Å². The van der Waals surface area contributed by atoms with Crippen molar-refractivity contribution in [2.45, 2.75) is 45.4 Å². The highest BCUT2D eigenvalue weighted by atomic mass is 16.5. The number of carbonyl (C=O) groups excluding carboxylic acids is 1. The molecule has 3 aromatic rings. The van der Waals surface area contributed by atoms with Gasteiger partial charge in [-0.05, 0) is 56.4 Å². The van der Waals surface area contributed by atoms with Crippen LogP contribution in [0, 0.1) is 6.92 Å². The van der Waals surface area contributed by atoms with E-state index in [-0.39, 0.29) is 12.4 Å². The van der Waals surface area contributed by atoms with E-state index in [1.165, 1.54) is 12.8 Å². The molecular formula is C23H27N3O3. The molecule has 1 fully saturated rings. The Kier molecular flexibility index (Phi) is 5.51. The fourth-order valence-electron chi connectivity index (χ4n) is 3.58. The highest BCUT2D eigenvalue weighted by Gasteiger charge is 2.30. The summed E-state index contributed by atoms with van der Waals surface area (Å²) in [4.78, 5) is 16.9. The lowest BCUT2D eigenvalue weighted by Crippen LogP contribution is -2.13. The van der Waals surface area contributed by atoms with Crippen LogP contribution in [0.25, 0.3) is 11.0 Å². The minimum atomic E-state index is 0.0301. The smallest absolute Gasteiger partial charge is 0.215 e. The van der Waals surface area contributed by atoms with Crippen LogP contribution in [-0.4, -0.2) is 33.8 Å². The van der Waals surface area contributed by atoms with E-state index in [4.69, 9.17) is 9.47 Å². The number of rotatable bonds is 9. The lowest BCUT2D eigenvalue weighted by atomic mass is 10.1. The lowest BCUT2D eigenvalue weighted by molar-refractivity contribution is -0.121. The van der Waals surface area contributed by atoms with Crippen molar-refractivity contribution in [1.82, 2.24) is 14.8 Å². The van der Waals surface area contributed by atoms with Crippen molar-refractivity contribution in [3.05, 3.63) is 47.2 Å². The molecule has 1 aromatic carbocycles.